The molecule has 3 heteroatoms. The molecule has 0 fully saturated rings. The van der Waals surface area contributed by atoms with Gasteiger partial charge in [0, 0.05) is 12.0 Å². The van der Waals surface area contributed by atoms with Crippen molar-refractivity contribution >= 4 is 11.9 Å². The fourth-order valence-electron chi connectivity index (χ4n) is 1.49. The van der Waals surface area contributed by atoms with E-state index in [-0.39, 0.29) is 17.3 Å². The third-order valence-electron chi connectivity index (χ3n) is 2.49. The number of hydrogen-bond acceptors (Lipinski definition) is 3. The summed E-state index contributed by atoms with van der Waals surface area (Å²) in [7, 11) is 0. The van der Waals surface area contributed by atoms with Crippen LogP contribution in [0.4, 0.5) is 0 Å². The lowest BCUT2D eigenvalue weighted by molar-refractivity contribution is -0.114. The van der Waals surface area contributed by atoms with Crippen molar-refractivity contribution in [2.24, 2.45) is 0 Å². The van der Waals surface area contributed by atoms with Gasteiger partial charge < -0.3 is 10.2 Å². The molecule has 0 bridgehead atoms. The molecule has 0 aliphatic heterocycles. The van der Waals surface area contributed by atoms with E-state index >= 15 is 0 Å². The Hall–Kier alpha value is -1.77. The van der Waals surface area contributed by atoms with Crippen LogP contribution in [-0.2, 0) is 4.79 Å². The zero-order chi connectivity index (χ0) is 12.7. The molecule has 0 radical (unpaired) electrons. The van der Waals surface area contributed by atoms with E-state index in [9.17, 15) is 15.0 Å². The van der Waals surface area contributed by atoms with Crippen molar-refractivity contribution in [2.45, 2.75) is 32.6 Å². The molecule has 0 amide bonds. The van der Waals surface area contributed by atoms with Gasteiger partial charge in [-0.3, -0.25) is 4.79 Å². The van der Waals surface area contributed by atoms with Gasteiger partial charge in [-0.25, -0.2) is 0 Å². The Labute approximate surface area is 101 Å². The summed E-state index contributed by atoms with van der Waals surface area (Å²) in [5.41, 5.74) is 0.453. The maximum atomic E-state index is 11.5. The maximum Gasteiger partial charge on any atom is 0.155 e. The second-order valence-corrected chi connectivity index (χ2v) is 4.00. The second-order valence-electron chi connectivity index (χ2n) is 4.00. The number of ketones is 1. The number of aromatic hydroxyl groups is 2. The molecule has 0 atom stereocenters. The number of benzene rings is 1. The summed E-state index contributed by atoms with van der Waals surface area (Å²) in [6.07, 6.45) is 6.55. The molecule has 3 nitrogen and oxygen atoms in total. The molecule has 0 aromatic heterocycles. The third-order valence-corrected chi connectivity index (χ3v) is 2.49. The SMILES string of the molecule is CCCCCC(=O)C=Cc1cc(O)ccc1O. The number of hydrogen-bond donors (Lipinski definition) is 2. The highest BCUT2D eigenvalue weighted by Crippen LogP contribution is 2.23. The molecule has 1 aromatic rings. The fourth-order valence-corrected chi connectivity index (χ4v) is 1.49. The van der Waals surface area contributed by atoms with Crippen LogP contribution >= 0.6 is 0 Å². The number of phenols is 2. The first-order chi connectivity index (χ1) is 8.13. The van der Waals surface area contributed by atoms with Crippen LogP contribution < -0.4 is 0 Å². The van der Waals surface area contributed by atoms with Crippen molar-refractivity contribution in [3.05, 3.63) is 29.8 Å². The molecule has 0 unspecified atom stereocenters. The van der Waals surface area contributed by atoms with E-state index in [0.29, 0.717) is 12.0 Å². The Balaban J connectivity index is 2.57. The van der Waals surface area contributed by atoms with Gasteiger partial charge in [0.25, 0.3) is 0 Å². The first-order valence-electron chi connectivity index (χ1n) is 5.86. The first-order valence-corrected chi connectivity index (χ1v) is 5.86. The van der Waals surface area contributed by atoms with Gasteiger partial charge in [0.15, 0.2) is 5.78 Å². The molecule has 17 heavy (non-hydrogen) atoms. The highest BCUT2D eigenvalue weighted by Gasteiger charge is 2.00. The second kappa shape index (κ2) is 6.74. The maximum absolute atomic E-state index is 11.5. The Morgan fingerprint density at radius 1 is 1.29 bits per heavy atom. The molecular weight excluding hydrogens is 216 g/mol. The van der Waals surface area contributed by atoms with Crippen LogP contribution in [0.15, 0.2) is 24.3 Å². The Bertz CT molecular complexity index is 408. The number of carbonyl (C=O) groups excluding carboxylic acids is 1. The van der Waals surface area contributed by atoms with Crippen molar-refractivity contribution in [1.29, 1.82) is 0 Å². The van der Waals surface area contributed by atoms with E-state index in [1.807, 2.05) is 0 Å². The van der Waals surface area contributed by atoms with Crippen LogP contribution in [0.5, 0.6) is 11.5 Å². The zero-order valence-corrected chi connectivity index (χ0v) is 10.0. The van der Waals surface area contributed by atoms with E-state index in [2.05, 4.69) is 6.92 Å². The van der Waals surface area contributed by atoms with Gasteiger partial charge in [0.1, 0.15) is 11.5 Å². The predicted molar refractivity (Wildman–Crippen MR) is 68.0 cm³/mol. The molecular formula is C14H18O3. The normalized spacial score (nSPS) is 10.9. The van der Waals surface area contributed by atoms with Gasteiger partial charge in [-0.15, -0.1) is 0 Å². The summed E-state index contributed by atoms with van der Waals surface area (Å²) in [4.78, 5) is 11.5. The van der Waals surface area contributed by atoms with Gasteiger partial charge in [0.05, 0.1) is 0 Å². The van der Waals surface area contributed by atoms with Crippen LogP contribution in [-0.4, -0.2) is 16.0 Å². The zero-order valence-electron chi connectivity index (χ0n) is 10.0. The lowest BCUT2D eigenvalue weighted by atomic mass is 10.1. The molecule has 0 aliphatic rings. The standard InChI is InChI=1S/C14H18O3/c1-2-3-4-5-12(15)7-6-11-10-13(16)8-9-14(11)17/h6-10,16-17H,2-5H2,1H3. The number of unbranched alkanes of at least 4 members (excludes halogenated alkanes) is 2. The van der Waals surface area contributed by atoms with Crippen molar-refractivity contribution in [2.75, 3.05) is 0 Å². The highest BCUT2D eigenvalue weighted by atomic mass is 16.3. The Kier molecular flexibility index (Phi) is 5.27. The van der Waals surface area contributed by atoms with Crippen molar-refractivity contribution in [3.63, 3.8) is 0 Å². The van der Waals surface area contributed by atoms with Crippen molar-refractivity contribution < 1.29 is 15.0 Å². The predicted octanol–water partition coefficient (Wildman–Crippen LogP) is 3.26. The largest absolute Gasteiger partial charge is 0.508 e. The molecule has 2 N–H and O–H groups in total. The lowest BCUT2D eigenvalue weighted by Gasteiger charge is -1.99. The molecule has 0 heterocycles. The third kappa shape index (κ3) is 4.72. The highest BCUT2D eigenvalue weighted by molar-refractivity contribution is 5.93. The van der Waals surface area contributed by atoms with E-state index in [1.165, 1.54) is 30.4 Å². The minimum atomic E-state index is 0.0428. The fraction of sp³-hybridized carbons (Fsp3) is 0.357. The average molecular weight is 234 g/mol. The van der Waals surface area contributed by atoms with Crippen LogP contribution in [0.1, 0.15) is 38.2 Å². The molecule has 0 aliphatic carbocycles. The Morgan fingerprint density at radius 2 is 2.06 bits per heavy atom. The van der Waals surface area contributed by atoms with Gasteiger partial charge in [-0.2, -0.15) is 0 Å². The summed E-state index contributed by atoms with van der Waals surface area (Å²) in [5.74, 6) is 0.169. The number of carbonyl (C=O) groups is 1. The summed E-state index contributed by atoms with van der Waals surface area (Å²) in [6, 6.07) is 4.22. The van der Waals surface area contributed by atoms with E-state index in [1.54, 1.807) is 0 Å². The molecule has 0 saturated carbocycles. The summed E-state index contributed by atoms with van der Waals surface area (Å²) >= 11 is 0. The molecule has 1 rings (SSSR count). The lowest BCUT2D eigenvalue weighted by Crippen LogP contribution is -1.91. The minimum Gasteiger partial charge on any atom is -0.508 e. The molecule has 0 saturated heterocycles. The Morgan fingerprint density at radius 3 is 2.76 bits per heavy atom. The van der Waals surface area contributed by atoms with Crippen molar-refractivity contribution in [3.8, 4) is 11.5 Å². The number of rotatable bonds is 6. The minimum absolute atomic E-state index is 0.0428. The molecule has 1 aromatic carbocycles. The number of allylic oxidation sites excluding steroid dienone is 1. The summed E-state index contributed by atoms with van der Waals surface area (Å²) in [5, 5.41) is 18.7. The van der Waals surface area contributed by atoms with E-state index in [4.69, 9.17) is 0 Å². The van der Waals surface area contributed by atoms with Crippen LogP contribution in [0.2, 0.25) is 0 Å². The summed E-state index contributed by atoms with van der Waals surface area (Å²) < 4.78 is 0. The average Bonchev–Trinajstić information content (AvgIpc) is 2.31. The van der Waals surface area contributed by atoms with E-state index < -0.39 is 0 Å². The summed E-state index contributed by atoms with van der Waals surface area (Å²) in [6.45, 7) is 2.09. The van der Waals surface area contributed by atoms with Gasteiger partial charge in [-0.05, 0) is 36.8 Å². The molecule has 0 spiro atoms. The quantitative estimate of drug-likeness (QED) is 0.451. The smallest absolute Gasteiger partial charge is 0.155 e. The van der Waals surface area contributed by atoms with Crippen LogP contribution in [0, 0.1) is 0 Å². The molecule has 92 valence electrons. The van der Waals surface area contributed by atoms with Gasteiger partial charge in [0.2, 0.25) is 0 Å². The van der Waals surface area contributed by atoms with Crippen LogP contribution in [0.25, 0.3) is 6.08 Å². The van der Waals surface area contributed by atoms with Crippen LogP contribution in [0.3, 0.4) is 0 Å². The number of phenolic OH excluding ortho intramolecular Hbond substituents is 2. The van der Waals surface area contributed by atoms with Gasteiger partial charge >= 0.3 is 0 Å². The first kappa shape index (κ1) is 13.3. The van der Waals surface area contributed by atoms with Gasteiger partial charge in [-0.1, -0.05) is 19.8 Å². The monoisotopic (exact) mass is 234 g/mol. The van der Waals surface area contributed by atoms with E-state index in [0.717, 1.165) is 19.3 Å². The van der Waals surface area contributed by atoms with Crippen molar-refractivity contribution in [1.82, 2.24) is 0 Å². The topological polar surface area (TPSA) is 57.5 Å².